The van der Waals surface area contributed by atoms with Crippen LogP contribution in [0.25, 0.3) is 0 Å². The van der Waals surface area contributed by atoms with Crippen LogP contribution in [0.5, 0.6) is 5.75 Å². The molecule has 0 N–H and O–H groups in total. The van der Waals surface area contributed by atoms with Crippen molar-refractivity contribution in [1.29, 1.82) is 0 Å². The third-order valence-corrected chi connectivity index (χ3v) is 5.83. The summed E-state index contributed by atoms with van der Waals surface area (Å²) in [6, 6.07) is 9.37. The number of anilines is 1. The topological polar surface area (TPSA) is 67.7 Å². The lowest BCUT2D eigenvalue weighted by Crippen LogP contribution is -2.45. The Labute approximate surface area is 170 Å². The predicted octanol–water partition coefficient (Wildman–Crippen LogP) is 2.26. The number of hydrogen-bond donors (Lipinski definition) is 0. The Morgan fingerprint density at radius 1 is 1.21 bits per heavy atom. The molecule has 2 aromatic rings. The van der Waals surface area contributed by atoms with E-state index in [2.05, 4.69) is 16.9 Å². The van der Waals surface area contributed by atoms with Crippen molar-refractivity contribution < 1.29 is 9.53 Å². The third-order valence-electron chi connectivity index (χ3n) is 5.83. The second kappa shape index (κ2) is 8.68. The summed E-state index contributed by atoms with van der Waals surface area (Å²) in [5.41, 5.74) is 1.89. The minimum Gasteiger partial charge on any atom is -0.483 e. The molecular formula is C22H28N4O3. The number of carbonyl (C=O) groups excluding carboxylic acids is 1. The summed E-state index contributed by atoms with van der Waals surface area (Å²) in [7, 11) is 0. The fourth-order valence-electron chi connectivity index (χ4n) is 3.98. The monoisotopic (exact) mass is 396 g/mol. The first kappa shape index (κ1) is 19.5. The molecule has 2 fully saturated rings. The van der Waals surface area contributed by atoms with Gasteiger partial charge in [0.05, 0.1) is 17.9 Å². The molecule has 7 heteroatoms. The van der Waals surface area contributed by atoms with Crippen molar-refractivity contribution in [2.75, 3.05) is 37.7 Å². The molecule has 0 spiro atoms. The van der Waals surface area contributed by atoms with E-state index in [1.54, 1.807) is 17.2 Å². The molecule has 0 aliphatic carbocycles. The maximum atomic E-state index is 12.7. The van der Waals surface area contributed by atoms with E-state index in [0.29, 0.717) is 13.1 Å². The van der Waals surface area contributed by atoms with Gasteiger partial charge in [-0.1, -0.05) is 25.1 Å². The number of aryl methyl sites for hydroxylation is 1. The summed E-state index contributed by atoms with van der Waals surface area (Å²) < 4.78 is 7.33. The van der Waals surface area contributed by atoms with Crippen molar-refractivity contribution in [2.45, 2.75) is 38.6 Å². The van der Waals surface area contributed by atoms with Crippen LogP contribution in [0.1, 0.15) is 37.8 Å². The SMILES string of the molecule is CCc1ccccc1OCC(=O)N1CCC[C@@H](n2ncc(N3CCC3)cc2=O)C1. The highest BCUT2D eigenvalue weighted by molar-refractivity contribution is 5.78. The minimum absolute atomic E-state index is 0.0138. The Morgan fingerprint density at radius 3 is 2.76 bits per heavy atom. The number of carbonyl (C=O) groups is 1. The molecule has 0 saturated carbocycles. The molecule has 1 aromatic carbocycles. The van der Waals surface area contributed by atoms with Crippen LogP contribution in [-0.4, -0.2) is 53.4 Å². The normalized spacial score (nSPS) is 19.0. The van der Waals surface area contributed by atoms with E-state index >= 15 is 0 Å². The average Bonchev–Trinajstić information content (AvgIpc) is 2.71. The van der Waals surface area contributed by atoms with Gasteiger partial charge in [0.2, 0.25) is 0 Å². The molecule has 7 nitrogen and oxygen atoms in total. The highest BCUT2D eigenvalue weighted by Crippen LogP contribution is 2.22. The number of hydrogen-bond acceptors (Lipinski definition) is 5. The quantitative estimate of drug-likeness (QED) is 0.749. The van der Waals surface area contributed by atoms with Crippen LogP contribution in [0.4, 0.5) is 5.69 Å². The van der Waals surface area contributed by atoms with Crippen molar-refractivity contribution >= 4 is 11.6 Å². The average molecular weight is 396 g/mol. The largest absolute Gasteiger partial charge is 0.483 e. The van der Waals surface area contributed by atoms with Gasteiger partial charge in [-0.15, -0.1) is 0 Å². The van der Waals surface area contributed by atoms with Crippen LogP contribution >= 0.6 is 0 Å². The number of ether oxygens (including phenoxy) is 1. The summed E-state index contributed by atoms with van der Waals surface area (Å²) in [5, 5.41) is 4.41. The molecule has 3 heterocycles. The van der Waals surface area contributed by atoms with E-state index in [0.717, 1.165) is 55.8 Å². The first-order valence-electron chi connectivity index (χ1n) is 10.5. The van der Waals surface area contributed by atoms with Crippen molar-refractivity contribution in [3.05, 3.63) is 52.4 Å². The Morgan fingerprint density at radius 2 is 2.03 bits per heavy atom. The van der Waals surface area contributed by atoms with E-state index in [9.17, 15) is 9.59 Å². The van der Waals surface area contributed by atoms with Crippen molar-refractivity contribution in [2.24, 2.45) is 0 Å². The molecule has 2 aliphatic rings. The molecule has 2 saturated heterocycles. The van der Waals surface area contributed by atoms with Crippen molar-refractivity contribution in [1.82, 2.24) is 14.7 Å². The summed E-state index contributed by atoms with van der Waals surface area (Å²) in [6.45, 7) is 5.23. The highest BCUT2D eigenvalue weighted by Gasteiger charge is 2.27. The number of amides is 1. The number of aromatic nitrogens is 2. The lowest BCUT2D eigenvalue weighted by atomic mass is 10.1. The summed E-state index contributed by atoms with van der Waals surface area (Å²) in [5.74, 6) is 0.710. The van der Waals surface area contributed by atoms with Crippen molar-refractivity contribution in [3.8, 4) is 5.75 Å². The molecule has 0 unspecified atom stereocenters. The molecule has 154 valence electrons. The number of likely N-dealkylation sites (tertiary alicyclic amines) is 1. The van der Waals surface area contributed by atoms with Gasteiger partial charge >= 0.3 is 0 Å². The van der Waals surface area contributed by atoms with E-state index < -0.39 is 0 Å². The zero-order chi connectivity index (χ0) is 20.2. The summed E-state index contributed by atoms with van der Waals surface area (Å²) in [4.78, 5) is 29.2. The van der Waals surface area contributed by atoms with E-state index in [1.807, 2.05) is 24.3 Å². The molecule has 2 aliphatic heterocycles. The smallest absolute Gasteiger partial charge is 0.269 e. The Balaban J connectivity index is 1.39. The fourth-order valence-corrected chi connectivity index (χ4v) is 3.98. The first-order chi connectivity index (χ1) is 14.2. The number of nitrogens with zero attached hydrogens (tertiary/aromatic N) is 4. The fraction of sp³-hybridized carbons (Fsp3) is 0.500. The molecule has 29 heavy (non-hydrogen) atoms. The number of para-hydroxylation sites is 1. The molecule has 0 radical (unpaired) electrons. The van der Waals surface area contributed by atoms with Crippen LogP contribution in [0.3, 0.4) is 0 Å². The van der Waals surface area contributed by atoms with Crippen LogP contribution in [0.15, 0.2) is 41.3 Å². The molecule has 1 atom stereocenters. The second-order valence-electron chi connectivity index (χ2n) is 7.72. The van der Waals surface area contributed by atoms with Crippen LogP contribution in [-0.2, 0) is 11.2 Å². The van der Waals surface area contributed by atoms with Gasteiger partial charge in [0.15, 0.2) is 6.61 Å². The number of benzene rings is 1. The van der Waals surface area contributed by atoms with Crippen LogP contribution in [0.2, 0.25) is 0 Å². The van der Waals surface area contributed by atoms with Gasteiger partial charge in [-0.3, -0.25) is 9.59 Å². The van der Waals surface area contributed by atoms with Gasteiger partial charge in [-0.05, 0) is 37.3 Å². The first-order valence-corrected chi connectivity index (χ1v) is 10.5. The molecule has 0 bridgehead atoms. The number of piperidine rings is 1. The van der Waals surface area contributed by atoms with E-state index in [-0.39, 0.29) is 24.1 Å². The molecule has 4 rings (SSSR count). The Bertz CT molecular complexity index is 922. The number of rotatable bonds is 6. The highest BCUT2D eigenvalue weighted by atomic mass is 16.5. The Kier molecular flexibility index (Phi) is 5.83. The van der Waals surface area contributed by atoms with Gasteiger partial charge in [0, 0.05) is 32.2 Å². The molecule has 1 amide bonds. The zero-order valence-corrected chi connectivity index (χ0v) is 16.9. The lowest BCUT2D eigenvalue weighted by molar-refractivity contribution is -0.135. The van der Waals surface area contributed by atoms with E-state index in [4.69, 9.17) is 4.74 Å². The van der Waals surface area contributed by atoms with Gasteiger partial charge in [-0.25, -0.2) is 4.68 Å². The summed E-state index contributed by atoms with van der Waals surface area (Å²) >= 11 is 0. The van der Waals surface area contributed by atoms with Gasteiger partial charge < -0.3 is 14.5 Å². The van der Waals surface area contributed by atoms with Crippen LogP contribution in [0, 0.1) is 0 Å². The standard InChI is InChI=1S/C22H28N4O3/c1-2-17-7-3-4-9-20(17)29-16-22(28)25-10-5-8-18(15-25)26-21(27)13-19(14-23-26)24-11-6-12-24/h3-4,7,9,13-14,18H,2,5-6,8,10-12,15-16H2,1H3/t18-/m1/s1. The maximum absolute atomic E-state index is 12.7. The third kappa shape index (κ3) is 4.28. The molecular weight excluding hydrogens is 368 g/mol. The van der Waals surface area contributed by atoms with Gasteiger partial charge in [0.25, 0.3) is 11.5 Å². The Hall–Kier alpha value is -2.83. The minimum atomic E-state index is -0.0955. The maximum Gasteiger partial charge on any atom is 0.269 e. The zero-order valence-electron chi connectivity index (χ0n) is 16.9. The van der Waals surface area contributed by atoms with Crippen molar-refractivity contribution in [3.63, 3.8) is 0 Å². The van der Waals surface area contributed by atoms with Gasteiger partial charge in [-0.2, -0.15) is 5.10 Å². The predicted molar refractivity (Wildman–Crippen MR) is 111 cm³/mol. The molecule has 1 aromatic heterocycles. The lowest BCUT2D eigenvalue weighted by Gasteiger charge is -2.34. The summed E-state index contributed by atoms with van der Waals surface area (Å²) in [6.07, 6.45) is 5.49. The van der Waals surface area contributed by atoms with Crippen LogP contribution < -0.4 is 15.2 Å². The second-order valence-corrected chi connectivity index (χ2v) is 7.72. The van der Waals surface area contributed by atoms with Gasteiger partial charge in [0.1, 0.15) is 5.75 Å². The van der Waals surface area contributed by atoms with E-state index in [1.165, 1.54) is 4.68 Å².